The molecule has 1 fully saturated rings. The van der Waals surface area contributed by atoms with Crippen LogP contribution in [0.15, 0.2) is 22.7 Å². The average Bonchev–Trinajstić information content (AvgIpc) is 2.82. The molecule has 0 radical (unpaired) electrons. The highest BCUT2D eigenvalue weighted by Gasteiger charge is 2.23. The predicted octanol–water partition coefficient (Wildman–Crippen LogP) is 2.50. The van der Waals surface area contributed by atoms with Crippen LogP contribution in [0.2, 0.25) is 0 Å². The van der Waals surface area contributed by atoms with Gasteiger partial charge in [0.2, 0.25) is 0 Å². The first-order chi connectivity index (χ1) is 9.54. The lowest BCUT2D eigenvalue weighted by Crippen LogP contribution is -2.51. The van der Waals surface area contributed by atoms with Crippen molar-refractivity contribution >= 4 is 32.7 Å². The van der Waals surface area contributed by atoms with E-state index in [0.29, 0.717) is 34.2 Å². The lowest BCUT2D eigenvalue weighted by Gasteiger charge is -2.31. The molecule has 106 valence electrons. The minimum Gasteiger partial charge on any atom is -0.350 e. The van der Waals surface area contributed by atoms with E-state index in [1.54, 1.807) is 17.0 Å². The summed E-state index contributed by atoms with van der Waals surface area (Å²) < 4.78 is 14.5. The number of nitrogens with zero attached hydrogens (tertiary/aromatic N) is 1. The van der Waals surface area contributed by atoms with Crippen molar-refractivity contribution in [3.8, 4) is 0 Å². The molecule has 1 aromatic carbocycles. The molecule has 0 aliphatic carbocycles. The maximum Gasteiger partial charge on any atom is 0.270 e. The summed E-state index contributed by atoms with van der Waals surface area (Å²) in [4.78, 5) is 17.2. The highest BCUT2D eigenvalue weighted by atomic mass is 79.9. The maximum atomic E-state index is 13.8. The van der Waals surface area contributed by atoms with Gasteiger partial charge in [-0.05, 0) is 25.1 Å². The van der Waals surface area contributed by atoms with Crippen LogP contribution < -0.4 is 5.32 Å². The van der Waals surface area contributed by atoms with Crippen LogP contribution in [0.25, 0.3) is 10.9 Å². The van der Waals surface area contributed by atoms with Gasteiger partial charge in [0.1, 0.15) is 11.5 Å². The molecule has 2 N–H and O–H groups in total. The molecule has 2 heterocycles. The normalized spacial score (nSPS) is 19.6. The van der Waals surface area contributed by atoms with E-state index in [0.717, 1.165) is 6.54 Å². The zero-order valence-electron chi connectivity index (χ0n) is 11.0. The minimum atomic E-state index is -0.335. The van der Waals surface area contributed by atoms with Crippen molar-refractivity contribution < 1.29 is 9.18 Å². The van der Waals surface area contributed by atoms with Gasteiger partial charge < -0.3 is 15.2 Å². The zero-order chi connectivity index (χ0) is 14.3. The number of hydrogen-bond acceptors (Lipinski definition) is 2. The maximum absolute atomic E-state index is 13.8. The van der Waals surface area contributed by atoms with Gasteiger partial charge in [-0.1, -0.05) is 15.9 Å². The number of hydrogen-bond donors (Lipinski definition) is 2. The first-order valence-corrected chi connectivity index (χ1v) is 7.34. The van der Waals surface area contributed by atoms with Crippen LogP contribution in [0.3, 0.4) is 0 Å². The van der Waals surface area contributed by atoms with Crippen molar-refractivity contribution in [2.75, 3.05) is 19.6 Å². The molecule has 1 saturated heterocycles. The SMILES string of the molecule is C[C@@H]1CN(C(=O)c2cc3c(F)cc(Br)cc3[nH]2)CCN1. The highest BCUT2D eigenvalue weighted by Crippen LogP contribution is 2.24. The molecule has 6 heteroatoms. The molecule has 1 aliphatic heterocycles. The Bertz CT molecular complexity index is 670. The third-order valence-electron chi connectivity index (χ3n) is 3.54. The van der Waals surface area contributed by atoms with Crippen LogP contribution >= 0.6 is 15.9 Å². The largest absolute Gasteiger partial charge is 0.350 e. The van der Waals surface area contributed by atoms with Gasteiger partial charge in [-0.25, -0.2) is 4.39 Å². The Labute approximate surface area is 124 Å². The second kappa shape index (κ2) is 5.18. The van der Waals surface area contributed by atoms with Gasteiger partial charge in [-0.2, -0.15) is 0 Å². The van der Waals surface area contributed by atoms with Gasteiger partial charge in [-0.15, -0.1) is 0 Å². The molecule has 0 unspecified atom stereocenters. The summed E-state index contributed by atoms with van der Waals surface area (Å²) in [5, 5.41) is 3.74. The Kier molecular flexibility index (Phi) is 3.52. The van der Waals surface area contributed by atoms with E-state index >= 15 is 0 Å². The van der Waals surface area contributed by atoms with Crippen molar-refractivity contribution in [2.45, 2.75) is 13.0 Å². The fraction of sp³-hybridized carbons (Fsp3) is 0.357. The standard InChI is InChI=1S/C14H15BrFN3O/c1-8-7-19(3-2-17-8)14(20)13-6-10-11(16)4-9(15)5-12(10)18-13/h4-6,8,17-18H,2-3,7H2,1H3/t8-/m1/s1. The number of carbonyl (C=O) groups is 1. The molecular formula is C14H15BrFN3O. The molecule has 3 rings (SSSR count). The van der Waals surface area contributed by atoms with Crippen LogP contribution in [-0.4, -0.2) is 41.5 Å². The third kappa shape index (κ3) is 2.45. The van der Waals surface area contributed by atoms with E-state index in [2.05, 4.69) is 26.2 Å². The smallest absolute Gasteiger partial charge is 0.270 e. The molecule has 20 heavy (non-hydrogen) atoms. The topological polar surface area (TPSA) is 48.1 Å². The number of H-pyrrole nitrogens is 1. The molecule has 2 aromatic rings. The molecule has 1 amide bonds. The summed E-state index contributed by atoms with van der Waals surface area (Å²) >= 11 is 3.25. The number of nitrogens with one attached hydrogen (secondary N) is 2. The number of piperazine rings is 1. The Hall–Kier alpha value is -1.40. The van der Waals surface area contributed by atoms with Gasteiger partial charge in [0, 0.05) is 35.5 Å². The van der Waals surface area contributed by atoms with Gasteiger partial charge in [0.05, 0.1) is 5.52 Å². The van der Waals surface area contributed by atoms with Crippen molar-refractivity contribution in [2.24, 2.45) is 0 Å². The molecule has 1 atom stereocenters. The number of carbonyl (C=O) groups excluding carboxylic acids is 1. The van der Waals surface area contributed by atoms with Crippen LogP contribution in [-0.2, 0) is 0 Å². The Morgan fingerprint density at radius 2 is 2.25 bits per heavy atom. The number of aromatic nitrogens is 1. The van der Waals surface area contributed by atoms with E-state index in [4.69, 9.17) is 0 Å². The molecule has 0 bridgehead atoms. The molecule has 1 aliphatic rings. The lowest BCUT2D eigenvalue weighted by atomic mass is 10.2. The summed E-state index contributed by atoms with van der Waals surface area (Å²) in [6.07, 6.45) is 0. The van der Waals surface area contributed by atoms with Crippen LogP contribution in [0.4, 0.5) is 4.39 Å². The Balaban J connectivity index is 1.93. The second-order valence-electron chi connectivity index (χ2n) is 5.14. The summed E-state index contributed by atoms with van der Waals surface area (Å²) in [6, 6.07) is 5.04. The number of fused-ring (bicyclic) bond motifs is 1. The Morgan fingerprint density at radius 1 is 1.45 bits per heavy atom. The monoisotopic (exact) mass is 339 g/mol. The summed E-state index contributed by atoms with van der Waals surface area (Å²) in [6.45, 7) is 4.17. The van der Waals surface area contributed by atoms with Crippen molar-refractivity contribution in [1.29, 1.82) is 0 Å². The molecule has 4 nitrogen and oxygen atoms in total. The van der Waals surface area contributed by atoms with Gasteiger partial charge in [0.15, 0.2) is 0 Å². The number of aromatic amines is 1. The summed E-state index contributed by atoms with van der Waals surface area (Å²) in [5.74, 6) is -0.413. The molecule has 0 spiro atoms. The lowest BCUT2D eigenvalue weighted by molar-refractivity contribution is 0.0704. The predicted molar refractivity (Wildman–Crippen MR) is 79.3 cm³/mol. The molecule has 1 aromatic heterocycles. The Morgan fingerprint density at radius 3 is 3.00 bits per heavy atom. The highest BCUT2D eigenvalue weighted by molar-refractivity contribution is 9.10. The second-order valence-corrected chi connectivity index (χ2v) is 6.05. The van der Waals surface area contributed by atoms with E-state index in [9.17, 15) is 9.18 Å². The number of amides is 1. The minimum absolute atomic E-state index is 0.0786. The van der Waals surface area contributed by atoms with Gasteiger partial charge >= 0.3 is 0 Å². The number of halogens is 2. The van der Waals surface area contributed by atoms with Crippen molar-refractivity contribution in [3.63, 3.8) is 0 Å². The van der Waals surface area contributed by atoms with Gasteiger partial charge in [0.25, 0.3) is 5.91 Å². The van der Waals surface area contributed by atoms with Gasteiger partial charge in [-0.3, -0.25) is 4.79 Å². The summed E-state index contributed by atoms with van der Waals surface area (Å²) in [7, 11) is 0. The first kappa shape index (κ1) is 13.6. The fourth-order valence-corrected chi connectivity index (χ4v) is 2.99. The van der Waals surface area contributed by atoms with Crippen LogP contribution in [0, 0.1) is 5.82 Å². The average molecular weight is 340 g/mol. The zero-order valence-corrected chi connectivity index (χ0v) is 12.6. The fourth-order valence-electron chi connectivity index (χ4n) is 2.56. The van der Waals surface area contributed by atoms with Crippen molar-refractivity contribution in [1.82, 2.24) is 15.2 Å². The van der Waals surface area contributed by atoms with E-state index in [1.165, 1.54) is 6.07 Å². The first-order valence-electron chi connectivity index (χ1n) is 6.55. The van der Waals surface area contributed by atoms with Crippen LogP contribution in [0.5, 0.6) is 0 Å². The van der Waals surface area contributed by atoms with E-state index < -0.39 is 0 Å². The molecular weight excluding hydrogens is 325 g/mol. The van der Waals surface area contributed by atoms with E-state index in [-0.39, 0.29) is 17.8 Å². The number of benzene rings is 1. The third-order valence-corrected chi connectivity index (χ3v) is 4.00. The van der Waals surface area contributed by atoms with Crippen LogP contribution in [0.1, 0.15) is 17.4 Å². The quantitative estimate of drug-likeness (QED) is 0.838. The summed E-state index contributed by atoms with van der Waals surface area (Å²) in [5.41, 5.74) is 1.06. The van der Waals surface area contributed by atoms with E-state index in [1.807, 2.05) is 6.92 Å². The molecule has 0 saturated carbocycles. The van der Waals surface area contributed by atoms with Crippen molar-refractivity contribution in [3.05, 3.63) is 34.2 Å². The number of rotatable bonds is 1.